The molecule has 1 N–H and O–H groups in total. The molecule has 2 aromatic carbocycles. The molecule has 2 aromatic heterocycles. The highest BCUT2D eigenvalue weighted by Gasteiger charge is 2.13. The molecule has 0 aliphatic carbocycles. The Morgan fingerprint density at radius 3 is 2.70 bits per heavy atom. The van der Waals surface area contributed by atoms with Crippen LogP contribution in [0.25, 0.3) is 22.1 Å². The van der Waals surface area contributed by atoms with Gasteiger partial charge in [0, 0.05) is 24.9 Å². The van der Waals surface area contributed by atoms with Crippen LogP contribution in [0, 0.1) is 0 Å². The molecule has 6 nitrogen and oxygen atoms in total. The van der Waals surface area contributed by atoms with Crippen molar-refractivity contribution < 1.29 is 9.21 Å². The van der Waals surface area contributed by atoms with E-state index in [1.54, 1.807) is 6.07 Å². The van der Waals surface area contributed by atoms with E-state index < -0.39 is 0 Å². The molecule has 4 aromatic rings. The van der Waals surface area contributed by atoms with Crippen molar-refractivity contribution in [3.8, 4) is 0 Å². The fraction of sp³-hybridized carbons (Fsp3) is 0.190. The number of aromatic nitrogens is 2. The van der Waals surface area contributed by atoms with E-state index in [9.17, 15) is 9.59 Å². The second-order valence-corrected chi connectivity index (χ2v) is 6.35. The van der Waals surface area contributed by atoms with Crippen LogP contribution in [0.2, 0.25) is 0 Å². The lowest BCUT2D eigenvalue weighted by Crippen LogP contribution is -2.28. The van der Waals surface area contributed by atoms with Crippen LogP contribution in [0.15, 0.2) is 70.1 Å². The zero-order valence-electron chi connectivity index (χ0n) is 14.7. The highest BCUT2D eigenvalue weighted by Crippen LogP contribution is 2.23. The number of rotatable bonds is 6. The molecule has 0 spiro atoms. The van der Waals surface area contributed by atoms with Gasteiger partial charge >= 0.3 is 0 Å². The summed E-state index contributed by atoms with van der Waals surface area (Å²) in [6, 6.07) is 17.4. The van der Waals surface area contributed by atoms with E-state index >= 15 is 0 Å². The van der Waals surface area contributed by atoms with E-state index in [4.69, 9.17) is 4.42 Å². The Morgan fingerprint density at radius 1 is 1.07 bits per heavy atom. The van der Waals surface area contributed by atoms with Crippen LogP contribution in [0.5, 0.6) is 0 Å². The van der Waals surface area contributed by atoms with Crippen molar-refractivity contribution in [2.24, 2.45) is 0 Å². The molecule has 4 rings (SSSR count). The van der Waals surface area contributed by atoms with Gasteiger partial charge in [-0.05, 0) is 24.1 Å². The lowest BCUT2D eigenvalue weighted by molar-refractivity contribution is -0.121. The van der Waals surface area contributed by atoms with Gasteiger partial charge in [-0.3, -0.25) is 14.2 Å². The highest BCUT2D eigenvalue weighted by atomic mass is 16.3. The Morgan fingerprint density at radius 2 is 1.85 bits per heavy atom. The number of carbonyl (C=O) groups is 1. The standard InChI is InChI=1S/C21H19N3O3/c25-18(22-12-10-15-6-2-1-3-7-15)11-13-24-14-23-19-16-8-4-5-9-17(16)27-20(19)21(24)26/h1-9,14H,10-13H2,(H,22,25). The van der Waals surface area contributed by atoms with Gasteiger partial charge in [0.05, 0.1) is 6.33 Å². The molecule has 0 fully saturated rings. The van der Waals surface area contributed by atoms with Gasteiger partial charge in [-0.25, -0.2) is 4.98 Å². The van der Waals surface area contributed by atoms with Gasteiger partial charge in [-0.15, -0.1) is 0 Å². The van der Waals surface area contributed by atoms with Crippen LogP contribution in [0.4, 0.5) is 0 Å². The Kier molecular flexibility index (Phi) is 4.70. The van der Waals surface area contributed by atoms with Crippen molar-refractivity contribution in [2.75, 3.05) is 6.54 Å². The number of carbonyl (C=O) groups excluding carboxylic acids is 1. The SMILES string of the molecule is O=C(CCn1cnc2c(oc3ccccc32)c1=O)NCCc1ccccc1. The smallest absolute Gasteiger partial charge is 0.297 e. The van der Waals surface area contributed by atoms with Crippen LogP contribution in [-0.4, -0.2) is 22.0 Å². The van der Waals surface area contributed by atoms with E-state index in [1.165, 1.54) is 16.5 Å². The fourth-order valence-electron chi connectivity index (χ4n) is 3.08. The van der Waals surface area contributed by atoms with E-state index in [-0.39, 0.29) is 30.0 Å². The molecule has 6 heteroatoms. The third-order valence-corrected chi connectivity index (χ3v) is 4.51. The summed E-state index contributed by atoms with van der Waals surface area (Å²) in [6.45, 7) is 0.828. The quantitative estimate of drug-likeness (QED) is 0.573. The van der Waals surface area contributed by atoms with Crippen molar-refractivity contribution in [1.82, 2.24) is 14.9 Å². The van der Waals surface area contributed by atoms with Gasteiger partial charge in [0.1, 0.15) is 11.1 Å². The van der Waals surface area contributed by atoms with E-state index in [0.717, 1.165) is 11.8 Å². The molecule has 0 saturated carbocycles. The number of nitrogens with zero attached hydrogens (tertiary/aromatic N) is 2. The number of para-hydroxylation sites is 1. The number of benzene rings is 2. The van der Waals surface area contributed by atoms with Gasteiger partial charge < -0.3 is 9.73 Å². The molecule has 0 unspecified atom stereocenters. The first kappa shape index (κ1) is 17.0. The molecule has 0 radical (unpaired) electrons. The average molecular weight is 361 g/mol. The lowest BCUT2D eigenvalue weighted by atomic mass is 10.1. The monoisotopic (exact) mass is 361 g/mol. The van der Waals surface area contributed by atoms with Crippen molar-refractivity contribution in [3.05, 3.63) is 76.8 Å². The summed E-state index contributed by atoms with van der Waals surface area (Å²) in [7, 11) is 0. The first-order valence-corrected chi connectivity index (χ1v) is 8.90. The second-order valence-electron chi connectivity index (χ2n) is 6.35. The fourth-order valence-corrected chi connectivity index (χ4v) is 3.08. The second kappa shape index (κ2) is 7.45. The molecule has 27 heavy (non-hydrogen) atoms. The molecule has 136 valence electrons. The summed E-state index contributed by atoms with van der Waals surface area (Å²) < 4.78 is 7.07. The summed E-state index contributed by atoms with van der Waals surface area (Å²) in [5.41, 5.74) is 2.32. The highest BCUT2D eigenvalue weighted by molar-refractivity contribution is 6.01. The van der Waals surface area contributed by atoms with Crippen molar-refractivity contribution in [3.63, 3.8) is 0 Å². The van der Waals surface area contributed by atoms with Gasteiger partial charge in [0.15, 0.2) is 0 Å². The molecule has 0 aliphatic rings. The van der Waals surface area contributed by atoms with E-state index in [2.05, 4.69) is 10.3 Å². The van der Waals surface area contributed by atoms with Crippen LogP contribution >= 0.6 is 0 Å². The predicted octanol–water partition coefficient (Wildman–Crippen LogP) is 2.89. The Bertz CT molecular complexity index is 1150. The van der Waals surface area contributed by atoms with Crippen LogP contribution in [0.1, 0.15) is 12.0 Å². The van der Waals surface area contributed by atoms with E-state index in [1.807, 2.05) is 48.5 Å². The average Bonchev–Trinajstić information content (AvgIpc) is 3.08. The number of hydrogen-bond acceptors (Lipinski definition) is 4. The Labute approximate surface area is 155 Å². The predicted molar refractivity (Wildman–Crippen MR) is 104 cm³/mol. The number of amides is 1. The molecule has 0 aliphatic heterocycles. The summed E-state index contributed by atoms with van der Waals surface area (Å²) >= 11 is 0. The third-order valence-electron chi connectivity index (χ3n) is 4.51. The minimum atomic E-state index is -0.270. The number of aryl methyl sites for hydroxylation is 1. The minimum Gasteiger partial charge on any atom is -0.448 e. The maximum Gasteiger partial charge on any atom is 0.297 e. The van der Waals surface area contributed by atoms with Crippen molar-refractivity contribution in [2.45, 2.75) is 19.4 Å². The van der Waals surface area contributed by atoms with Gasteiger partial charge in [-0.2, -0.15) is 0 Å². The molecular weight excluding hydrogens is 342 g/mol. The first-order valence-electron chi connectivity index (χ1n) is 8.90. The summed E-state index contributed by atoms with van der Waals surface area (Å²) in [5, 5.41) is 3.70. The Hall–Kier alpha value is -3.41. The van der Waals surface area contributed by atoms with Crippen LogP contribution in [-0.2, 0) is 17.8 Å². The van der Waals surface area contributed by atoms with Crippen LogP contribution in [0.3, 0.4) is 0 Å². The normalized spacial score (nSPS) is 11.1. The number of furan rings is 1. The van der Waals surface area contributed by atoms with Gasteiger partial charge in [0.2, 0.25) is 11.5 Å². The van der Waals surface area contributed by atoms with Gasteiger partial charge in [-0.1, -0.05) is 42.5 Å². The molecular formula is C21H19N3O3. The summed E-state index contributed by atoms with van der Waals surface area (Å²) in [5.74, 6) is -0.0949. The summed E-state index contributed by atoms with van der Waals surface area (Å²) in [4.78, 5) is 29.0. The largest absolute Gasteiger partial charge is 0.448 e. The van der Waals surface area contributed by atoms with Gasteiger partial charge in [0.25, 0.3) is 5.56 Å². The Balaban J connectivity index is 1.40. The molecule has 0 bridgehead atoms. The number of hydrogen-bond donors (Lipinski definition) is 1. The zero-order chi connectivity index (χ0) is 18.6. The molecule has 0 saturated heterocycles. The topological polar surface area (TPSA) is 77.1 Å². The maximum absolute atomic E-state index is 12.6. The lowest BCUT2D eigenvalue weighted by Gasteiger charge is -2.07. The van der Waals surface area contributed by atoms with E-state index in [0.29, 0.717) is 17.6 Å². The number of nitrogens with one attached hydrogen (secondary N) is 1. The first-order chi connectivity index (χ1) is 13.2. The third kappa shape index (κ3) is 3.60. The number of fused-ring (bicyclic) bond motifs is 3. The molecule has 2 heterocycles. The molecule has 1 amide bonds. The minimum absolute atomic E-state index is 0.0949. The zero-order valence-corrected chi connectivity index (χ0v) is 14.7. The van der Waals surface area contributed by atoms with Crippen molar-refractivity contribution >= 4 is 28.0 Å². The molecule has 0 atom stereocenters. The van der Waals surface area contributed by atoms with Crippen molar-refractivity contribution in [1.29, 1.82) is 0 Å². The van der Waals surface area contributed by atoms with Crippen LogP contribution < -0.4 is 10.9 Å². The summed E-state index contributed by atoms with van der Waals surface area (Å²) in [6.07, 6.45) is 2.46. The maximum atomic E-state index is 12.6.